The molecule has 0 saturated carbocycles. The number of hydrogen-bond acceptors (Lipinski definition) is 6. The summed E-state index contributed by atoms with van der Waals surface area (Å²) >= 11 is 0. The Hall–Kier alpha value is -2.90. The van der Waals surface area contributed by atoms with Crippen molar-refractivity contribution in [3.63, 3.8) is 0 Å². The monoisotopic (exact) mass is 330 g/mol. The van der Waals surface area contributed by atoms with Gasteiger partial charge in [0.15, 0.2) is 0 Å². The van der Waals surface area contributed by atoms with Crippen LogP contribution in [0.15, 0.2) is 30.6 Å². The van der Waals surface area contributed by atoms with Crippen LogP contribution in [0, 0.1) is 10.1 Å². The van der Waals surface area contributed by atoms with Crippen LogP contribution in [0.4, 0.5) is 11.4 Å². The Morgan fingerprint density at radius 1 is 1.46 bits per heavy atom. The number of nitrogens with one attached hydrogen (secondary N) is 1. The van der Waals surface area contributed by atoms with Gasteiger partial charge in [-0.2, -0.15) is 0 Å². The van der Waals surface area contributed by atoms with Crippen LogP contribution in [-0.4, -0.2) is 34.5 Å². The molecule has 1 atom stereocenters. The number of carbonyl (C=O) groups excluding carboxylic acids is 1. The first-order valence-corrected chi connectivity index (χ1v) is 7.74. The molecule has 1 unspecified atom stereocenters. The first-order chi connectivity index (χ1) is 11.6. The van der Waals surface area contributed by atoms with Crippen LogP contribution in [0.1, 0.15) is 41.5 Å². The zero-order chi connectivity index (χ0) is 17.1. The summed E-state index contributed by atoms with van der Waals surface area (Å²) in [4.78, 5) is 32.1. The molecule has 0 amide bonds. The van der Waals surface area contributed by atoms with Crippen LogP contribution in [-0.2, 0) is 4.74 Å². The lowest BCUT2D eigenvalue weighted by molar-refractivity contribution is -0.385. The topological polar surface area (TPSA) is 101 Å². The highest BCUT2D eigenvalue weighted by molar-refractivity contribution is 5.95. The second-order valence-electron chi connectivity index (χ2n) is 5.63. The van der Waals surface area contributed by atoms with Crippen molar-refractivity contribution in [2.45, 2.75) is 25.3 Å². The summed E-state index contributed by atoms with van der Waals surface area (Å²) in [6, 6.07) is 4.62. The number of benzene rings is 1. The van der Waals surface area contributed by atoms with Crippen molar-refractivity contribution in [3.8, 4) is 0 Å². The number of aromatic nitrogens is 2. The molecule has 1 fully saturated rings. The molecule has 126 valence electrons. The number of hydrogen-bond donors (Lipinski definition) is 1. The van der Waals surface area contributed by atoms with Crippen molar-refractivity contribution in [2.24, 2.45) is 0 Å². The number of piperidine rings is 1. The molecule has 1 aliphatic heterocycles. The SMILES string of the molecule is COC(=O)c1cc(N2CCCCC2c2ncc[nH]2)ccc1[N+](=O)[O-]. The van der Waals surface area contributed by atoms with Crippen LogP contribution in [0.2, 0.25) is 0 Å². The zero-order valence-corrected chi connectivity index (χ0v) is 13.3. The number of nitro benzene ring substituents is 1. The predicted octanol–water partition coefficient (Wildman–Crippen LogP) is 2.84. The Kier molecular flexibility index (Phi) is 4.45. The first kappa shape index (κ1) is 16.0. The molecule has 3 rings (SSSR count). The van der Waals surface area contributed by atoms with Crippen LogP contribution in [0.3, 0.4) is 0 Å². The molecular formula is C16H18N4O4. The lowest BCUT2D eigenvalue weighted by Crippen LogP contribution is -2.34. The maximum absolute atomic E-state index is 11.9. The quantitative estimate of drug-likeness (QED) is 0.525. The lowest BCUT2D eigenvalue weighted by atomic mass is 9.99. The van der Waals surface area contributed by atoms with Gasteiger partial charge in [0.25, 0.3) is 5.69 Å². The van der Waals surface area contributed by atoms with Crippen LogP contribution in [0.5, 0.6) is 0 Å². The van der Waals surface area contributed by atoms with Crippen LogP contribution >= 0.6 is 0 Å². The van der Waals surface area contributed by atoms with Gasteiger partial charge in [0.1, 0.15) is 11.4 Å². The van der Waals surface area contributed by atoms with E-state index in [9.17, 15) is 14.9 Å². The predicted molar refractivity (Wildman–Crippen MR) is 87.0 cm³/mol. The van der Waals surface area contributed by atoms with Gasteiger partial charge in [0.05, 0.1) is 18.1 Å². The molecule has 1 saturated heterocycles. The van der Waals surface area contributed by atoms with Crippen molar-refractivity contribution < 1.29 is 14.5 Å². The summed E-state index contributed by atoms with van der Waals surface area (Å²) in [6.07, 6.45) is 6.51. The highest BCUT2D eigenvalue weighted by atomic mass is 16.6. The fourth-order valence-corrected chi connectivity index (χ4v) is 3.12. The minimum absolute atomic E-state index is 0.0382. The Morgan fingerprint density at radius 3 is 2.96 bits per heavy atom. The van der Waals surface area contributed by atoms with E-state index in [4.69, 9.17) is 0 Å². The average molecular weight is 330 g/mol. The molecule has 1 aromatic heterocycles. The first-order valence-electron chi connectivity index (χ1n) is 7.74. The maximum Gasteiger partial charge on any atom is 0.344 e. The van der Waals surface area contributed by atoms with Gasteiger partial charge < -0.3 is 14.6 Å². The summed E-state index contributed by atoms with van der Waals surface area (Å²) < 4.78 is 4.69. The van der Waals surface area contributed by atoms with E-state index < -0.39 is 10.9 Å². The molecule has 0 spiro atoms. The van der Waals surface area contributed by atoms with Crippen molar-refractivity contribution in [2.75, 3.05) is 18.6 Å². The molecule has 8 nitrogen and oxygen atoms in total. The molecule has 0 aliphatic carbocycles. The van der Waals surface area contributed by atoms with Crippen molar-refractivity contribution >= 4 is 17.3 Å². The Morgan fingerprint density at radius 2 is 2.29 bits per heavy atom. The van der Waals surface area contributed by atoms with E-state index in [1.165, 1.54) is 19.2 Å². The lowest BCUT2D eigenvalue weighted by Gasteiger charge is -2.36. The smallest absolute Gasteiger partial charge is 0.344 e. The number of nitro groups is 1. The Labute approximate surface area is 138 Å². The number of aromatic amines is 1. The van der Waals surface area contributed by atoms with E-state index in [0.29, 0.717) is 0 Å². The molecule has 0 radical (unpaired) electrons. The highest BCUT2D eigenvalue weighted by Gasteiger charge is 2.29. The number of anilines is 1. The number of ether oxygens (including phenoxy) is 1. The average Bonchev–Trinajstić information content (AvgIpc) is 3.15. The van der Waals surface area contributed by atoms with Gasteiger partial charge in [-0.15, -0.1) is 0 Å². The summed E-state index contributed by atoms with van der Waals surface area (Å²) in [7, 11) is 1.21. The van der Waals surface area contributed by atoms with E-state index in [1.54, 1.807) is 18.5 Å². The molecule has 1 aliphatic rings. The van der Waals surface area contributed by atoms with Gasteiger partial charge in [-0.1, -0.05) is 0 Å². The maximum atomic E-state index is 11.9. The normalized spacial score (nSPS) is 17.5. The number of imidazole rings is 1. The molecule has 2 heterocycles. The van der Waals surface area contributed by atoms with Crippen LogP contribution < -0.4 is 4.90 Å². The fourth-order valence-electron chi connectivity index (χ4n) is 3.12. The number of methoxy groups -OCH3 is 1. The van der Waals surface area contributed by atoms with Gasteiger partial charge in [0, 0.05) is 30.7 Å². The third-order valence-corrected chi connectivity index (χ3v) is 4.25. The number of esters is 1. The third kappa shape index (κ3) is 2.94. The van der Waals surface area contributed by atoms with Gasteiger partial charge in [-0.3, -0.25) is 10.1 Å². The van der Waals surface area contributed by atoms with Gasteiger partial charge in [0.2, 0.25) is 0 Å². The molecule has 1 N–H and O–H groups in total. The van der Waals surface area contributed by atoms with Gasteiger partial charge >= 0.3 is 5.97 Å². The Balaban J connectivity index is 2.01. The van der Waals surface area contributed by atoms with E-state index >= 15 is 0 Å². The van der Waals surface area contributed by atoms with Crippen molar-refractivity contribution in [1.29, 1.82) is 0 Å². The minimum atomic E-state index is -0.713. The van der Waals surface area contributed by atoms with Gasteiger partial charge in [-0.05, 0) is 31.4 Å². The van der Waals surface area contributed by atoms with E-state index in [2.05, 4.69) is 19.6 Å². The van der Waals surface area contributed by atoms with E-state index in [0.717, 1.165) is 37.3 Å². The van der Waals surface area contributed by atoms with E-state index in [1.807, 2.05) is 0 Å². The number of nitrogens with zero attached hydrogens (tertiary/aromatic N) is 3. The largest absolute Gasteiger partial charge is 0.465 e. The summed E-state index contributed by atoms with van der Waals surface area (Å²) in [5.41, 5.74) is 0.461. The number of H-pyrrole nitrogens is 1. The molecule has 8 heteroatoms. The van der Waals surface area contributed by atoms with Crippen molar-refractivity contribution in [1.82, 2.24) is 9.97 Å². The van der Waals surface area contributed by atoms with Gasteiger partial charge in [-0.25, -0.2) is 9.78 Å². The molecule has 1 aromatic carbocycles. The van der Waals surface area contributed by atoms with Crippen molar-refractivity contribution in [3.05, 3.63) is 52.1 Å². The van der Waals surface area contributed by atoms with E-state index in [-0.39, 0.29) is 17.3 Å². The standard InChI is InChI=1S/C16H18N4O4/c1-24-16(21)12-10-11(5-6-13(12)20(22)23)19-9-3-2-4-14(19)15-17-7-8-18-15/h5-8,10,14H,2-4,9H2,1H3,(H,17,18). The molecule has 0 bridgehead atoms. The number of carbonyl (C=O) groups is 1. The molecule has 2 aromatic rings. The summed E-state index contributed by atoms with van der Waals surface area (Å²) in [6.45, 7) is 0.795. The zero-order valence-electron chi connectivity index (χ0n) is 13.3. The molecular weight excluding hydrogens is 312 g/mol. The highest BCUT2D eigenvalue weighted by Crippen LogP contribution is 2.35. The second kappa shape index (κ2) is 6.69. The number of rotatable bonds is 4. The molecule has 24 heavy (non-hydrogen) atoms. The third-order valence-electron chi connectivity index (χ3n) is 4.25. The summed E-state index contributed by atoms with van der Waals surface area (Å²) in [5.74, 6) is 0.141. The minimum Gasteiger partial charge on any atom is -0.465 e. The fraction of sp³-hybridized carbons (Fsp3) is 0.375. The summed E-state index contributed by atoms with van der Waals surface area (Å²) in [5, 5.41) is 11.1. The van der Waals surface area contributed by atoms with Crippen LogP contribution in [0.25, 0.3) is 0 Å². The second-order valence-corrected chi connectivity index (χ2v) is 5.63. The Bertz CT molecular complexity index is 745.